The Labute approximate surface area is 165 Å². The van der Waals surface area contributed by atoms with E-state index in [1.54, 1.807) is 17.7 Å². The van der Waals surface area contributed by atoms with Crippen molar-refractivity contribution in [1.29, 1.82) is 0 Å². The summed E-state index contributed by atoms with van der Waals surface area (Å²) < 4.78 is 1.16. The van der Waals surface area contributed by atoms with E-state index in [-0.39, 0.29) is 0 Å². The van der Waals surface area contributed by atoms with Gasteiger partial charge in [0.15, 0.2) is 0 Å². The van der Waals surface area contributed by atoms with Crippen molar-refractivity contribution in [1.82, 2.24) is 15.0 Å². The summed E-state index contributed by atoms with van der Waals surface area (Å²) in [5, 5.41) is 4.83. The summed E-state index contributed by atoms with van der Waals surface area (Å²) in [5.74, 6) is 1.60. The molecule has 0 spiro atoms. The van der Waals surface area contributed by atoms with Gasteiger partial charge in [-0.25, -0.2) is 15.0 Å². The second-order valence-corrected chi connectivity index (χ2v) is 9.39. The number of fused-ring (bicyclic) bond motifs is 5. The molecule has 0 unspecified atom stereocenters. The molecule has 0 saturated heterocycles. The van der Waals surface area contributed by atoms with Gasteiger partial charge in [0.05, 0.1) is 30.9 Å². The molecule has 0 fully saturated rings. The van der Waals surface area contributed by atoms with Gasteiger partial charge in [0.1, 0.15) is 17.0 Å². The minimum absolute atomic E-state index is 0.630. The lowest BCUT2D eigenvalue weighted by Gasteiger charge is -2.11. The van der Waals surface area contributed by atoms with Gasteiger partial charge in [-0.3, -0.25) is 0 Å². The molecule has 0 bridgehead atoms. The molecule has 0 atom stereocenters. The van der Waals surface area contributed by atoms with Crippen molar-refractivity contribution in [3.05, 3.63) is 23.1 Å². The predicted octanol–water partition coefficient (Wildman–Crippen LogP) is 2.87. The molecule has 6 heteroatoms. The fourth-order valence-corrected chi connectivity index (χ4v) is 5.25. The van der Waals surface area contributed by atoms with Gasteiger partial charge in [-0.15, -0.1) is 11.3 Å². The van der Waals surface area contributed by atoms with Crippen molar-refractivity contribution in [3.63, 3.8) is 0 Å². The number of hydrogen-bond acceptors (Lipinski definition) is 5. The highest BCUT2D eigenvalue weighted by molar-refractivity contribution is 7.26. The molecule has 0 radical (unpaired) electrons. The molecule has 27 heavy (non-hydrogen) atoms. The molecule has 144 valence electrons. The number of anilines is 1. The van der Waals surface area contributed by atoms with E-state index in [1.165, 1.54) is 39.9 Å². The number of rotatable bonds is 7. The van der Waals surface area contributed by atoms with Crippen LogP contribution in [0.4, 0.5) is 5.82 Å². The van der Waals surface area contributed by atoms with Gasteiger partial charge in [0.25, 0.3) is 0 Å². The maximum atomic E-state index is 5.10. The number of thiophene rings is 1. The molecule has 0 amide bonds. The third-order valence-corrected chi connectivity index (χ3v) is 6.38. The Kier molecular flexibility index (Phi) is 5.28. The summed E-state index contributed by atoms with van der Waals surface area (Å²) in [4.78, 5) is 16.9. The van der Waals surface area contributed by atoms with E-state index >= 15 is 0 Å². The molecule has 3 heterocycles. The van der Waals surface area contributed by atoms with E-state index in [1.807, 2.05) is 0 Å². The molecule has 4 rings (SSSR count). The first kappa shape index (κ1) is 18.6. The fourth-order valence-electron chi connectivity index (χ4n) is 4.11. The number of pyridine rings is 1. The van der Waals surface area contributed by atoms with Crippen molar-refractivity contribution in [3.8, 4) is 0 Å². The Morgan fingerprint density at radius 1 is 1.19 bits per heavy atom. The van der Waals surface area contributed by atoms with E-state index in [0.717, 1.165) is 53.2 Å². The molecule has 5 nitrogen and oxygen atoms in total. The first-order valence-corrected chi connectivity index (χ1v) is 11.0. The molecule has 0 aromatic carbocycles. The van der Waals surface area contributed by atoms with Crippen LogP contribution in [0.2, 0.25) is 0 Å². The van der Waals surface area contributed by atoms with Crippen molar-refractivity contribution < 1.29 is 4.90 Å². The highest BCUT2D eigenvalue weighted by Gasteiger charge is 2.24. The van der Waals surface area contributed by atoms with Crippen LogP contribution >= 0.6 is 11.3 Å². The topological polar surface area (TPSA) is 55.1 Å². The summed E-state index contributed by atoms with van der Waals surface area (Å²) >= 11 is 1.76. The van der Waals surface area contributed by atoms with Crippen LogP contribution in [-0.4, -0.2) is 42.1 Å². The zero-order valence-electron chi connectivity index (χ0n) is 16.9. The molecule has 1 aliphatic rings. The van der Waals surface area contributed by atoms with Crippen LogP contribution in [0.25, 0.3) is 20.4 Å². The summed E-state index contributed by atoms with van der Waals surface area (Å²) in [6.45, 7) is 6.65. The standard InChI is InChI=1S/C21H29N5S/c1-13(2)11-16-14-7-5-8-15(14)17-18-19(27-21(17)25-16)20(24-12-23-18)22-9-6-10-26(3)4/h12-13H,5-11H2,1-4H3,(H,22,23,24)/p+1. The van der Waals surface area contributed by atoms with Gasteiger partial charge < -0.3 is 10.2 Å². The van der Waals surface area contributed by atoms with Crippen molar-refractivity contribution >= 4 is 37.6 Å². The van der Waals surface area contributed by atoms with Crippen LogP contribution in [-0.2, 0) is 19.3 Å². The van der Waals surface area contributed by atoms with Crippen LogP contribution < -0.4 is 10.2 Å². The van der Waals surface area contributed by atoms with E-state index < -0.39 is 0 Å². The second kappa shape index (κ2) is 7.68. The zero-order valence-corrected chi connectivity index (χ0v) is 17.7. The Morgan fingerprint density at radius 2 is 2.00 bits per heavy atom. The summed E-state index contributed by atoms with van der Waals surface area (Å²) in [7, 11) is 4.38. The smallest absolute Gasteiger partial charge is 0.147 e. The summed E-state index contributed by atoms with van der Waals surface area (Å²) in [5.41, 5.74) is 5.40. The third kappa shape index (κ3) is 3.65. The average Bonchev–Trinajstić information content (AvgIpc) is 3.22. The monoisotopic (exact) mass is 384 g/mol. The van der Waals surface area contributed by atoms with Crippen molar-refractivity contribution in [2.45, 2.75) is 46.0 Å². The maximum Gasteiger partial charge on any atom is 0.147 e. The molecule has 3 aromatic heterocycles. The summed E-state index contributed by atoms with van der Waals surface area (Å²) in [6, 6.07) is 0. The number of hydrogen-bond donors (Lipinski definition) is 2. The van der Waals surface area contributed by atoms with E-state index in [2.05, 4.69) is 43.2 Å². The third-order valence-electron chi connectivity index (χ3n) is 5.31. The first-order chi connectivity index (χ1) is 13.0. The minimum Gasteiger partial charge on any atom is -0.369 e. The lowest BCUT2D eigenvalue weighted by Crippen LogP contribution is -3.05. The van der Waals surface area contributed by atoms with Crippen LogP contribution in [0.1, 0.15) is 43.5 Å². The van der Waals surface area contributed by atoms with E-state index in [9.17, 15) is 0 Å². The molecule has 1 aliphatic carbocycles. The molecule has 2 N–H and O–H groups in total. The second-order valence-electron chi connectivity index (χ2n) is 8.39. The number of nitrogens with zero attached hydrogens (tertiary/aromatic N) is 3. The Bertz CT molecular complexity index is 960. The quantitative estimate of drug-likeness (QED) is 0.615. The molecular formula is C21H30N5S+. The van der Waals surface area contributed by atoms with Gasteiger partial charge in [-0.05, 0) is 42.7 Å². The van der Waals surface area contributed by atoms with E-state index in [4.69, 9.17) is 4.98 Å². The zero-order chi connectivity index (χ0) is 19.0. The molecule has 3 aromatic rings. The van der Waals surface area contributed by atoms with Crippen molar-refractivity contribution in [2.24, 2.45) is 5.92 Å². The van der Waals surface area contributed by atoms with Gasteiger partial charge in [0.2, 0.25) is 0 Å². The van der Waals surface area contributed by atoms with Gasteiger partial charge in [0, 0.05) is 24.0 Å². The van der Waals surface area contributed by atoms with Crippen molar-refractivity contribution in [2.75, 3.05) is 32.5 Å². The lowest BCUT2D eigenvalue weighted by molar-refractivity contribution is -0.858. The number of aromatic nitrogens is 3. The largest absolute Gasteiger partial charge is 0.369 e. The molecule has 0 saturated carbocycles. The molecular weight excluding hydrogens is 354 g/mol. The average molecular weight is 385 g/mol. The maximum absolute atomic E-state index is 5.10. The summed E-state index contributed by atoms with van der Waals surface area (Å²) in [6.07, 6.45) is 7.46. The molecule has 0 aliphatic heterocycles. The lowest BCUT2D eigenvalue weighted by atomic mass is 9.99. The van der Waals surface area contributed by atoms with Gasteiger partial charge >= 0.3 is 0 Å². The highest BCUT2D eigenvalue weighted by Crippen LogP contribution is 2.41. The van der Waals surface area contributed by atoms with Crippen LogP contribution in [0.3, 0.4) is 0 Å². The number of quaternary nitrogens is 1. The van der Waals surface area contributed by atoms with Crippen LogP contribution in [0.15, 0.2) is 6.33 Å². The van der Waals surface area contributed by atoms with Gasteiger partial charge in [-0.2, -0.15) is 0 Å². The van der Waals surface area contributed by atoms with Crippen LogP contribution in [0, 0.1) is 5.92 Å². The Hall–Kier alpha value is -1.79. The minimum atomic E-state index is 0.630. The predicted molar refractivity (Wildman–Crippen MR) is 114 cm³/mol. The SMILES string of the molecule is CC(C)Cc1nc2sc3c(NCCC[NH+](C)C)ncnc3c2c2c1CCC2. The Morgan fingerprint density at radius 3 is 2.78 bits per heavy atom. The Balaban J connectivity index is 1.76. The van der Waals surface area contributed by atoms with Gasteiger partial charge in [-0.1, -0.05) is 13.8 Å². The van der Waals surface area contributed by atoms with E-state index in [0.29, 0.717) is 5.92 Å². The first-order valence-electron chi connectivity index (χ1n) is 10.1. The van der Waals surface area contributed by atoms with Crippen LogP contribution in [0.5, 0.6) is 0 Å². The highest BCUT2D eigenvalue weighted by atomic mass is 32.1. The fraction of sp³-hybridized carbons (Fsp3) is 0.571. The number of nitrogens with one attached hydrogen (secondary N) is 2. The normalized spacial score (nSPS) is 14.0. The number of aryl methyl sites for hydroxylation is 1.